The van der Waals surface area contributed by atoms with Crippen LogP contribution in [0, 0.1) is 0 Å². The molecule has 1 aromatic rings. The lowest BCUT2D eigenvalue weighted by molar-refractivity contribution is 0.312. The van der Waals surface area contributed by atoms with Gasteiger partial charge < -0.3 is 10.6 Å². The van der Waals surface area contributed by atoms with Gasteiger partial charge in [-0.2, -0.15) is 0 Å². The highest BCUT2D eigenvalue weighted by Gasteiger charge is 2.34. The summed E-state index contributed by atoms with van der Waals surface area (Å²) < 4.78 is 0. The predicted octanol–water partition coefficient (Wildman–Crippen LogP) is 3.92. The number of rotatable bonds is 5. The SMILES string of the molecule is C=C1CCCC(NCCC2(CC)CNCc3ccccc32)C1. The highest BCUT2D eigenvalue weighted by molar-refractivity contribution is 5.37. The minimum absolute atomic E-state index is 0.299. The summed E-state index contributed by atoms with van der Waals surface area (Å²) in [5, 5.41) is 7.44. The van der Waals surface area contributed by atoms with Gasteiger partial charge in [-0.3, -0.25) is 0 Å². The molecule has 0 spiro atoms. The van der Waals surface area contributed by atoms with Gasteiger partial charge in [0, 0.05) is 24.5 Å². The zero-order valence-corrected chi connectivity index (χ0v) is 14.0. The molecule has 0 bridgehead atoms. The van der Waals surface area contributed by atoms with Crippen LogP contribution < -0.4 is 10.6 Å². The molecule has 1 fully saturated rings. The molecule has 0 amide bonds. The third-order valence-electron chi connectivity index (χ3n) is 5.70. The summed E-state index contributed by atoms with van der Waals surface area (Å²) in [6, 6.07) is 9.65. The molecule has 2 nitrogen and oxygen atoms in total. The van der Waals surface area contributed by atoms with Crippen molar-refractivity contribution in [1.82, 2.24) is 10.6 Å². The molecular formula is C20H30N2. The molecule has 22 heavy (non-hydrogen) atoms. The molecule has 2 N–H and O–H groups in total. The Bertz CT molecular complexity index is 522. The third kappa shape index (κ3) is 3.28. The van der Waals surface area contributed by atoms with Gasteiger partial charge in [-0.1, -0.05) is 43.3 Å². The fourth-order valence-corrected chi connectivity index (χ4v) is 4.28. The van der Waals surface area contributed by atoms with Gasteiger partial charge in [-0.05, 0) is 56.2 Å². The lowest BCUT2D eigenvalue weighted by Crippen LogP contribution is -2.45. The molecule has 1 aliphatic heterocycles. The van der Waals surface area contributed by atoms with Gasteiger partial charge in [0.2, 0.25) is 0 Å². The highest BCUT2D eigenvalue weighted by Crippen LogP contribution is 2.36. The molecule has 1 heterocycles. The van der Waals surface area contributed by atoms with E-state index in [0.29, 0.717) is 11.5 Å². The smallest absolute Gasteiger partial charge is 0.0208 e. The second-order valence-electron chi connectivity index (χ2n) is 7.14. The van der Waals surface area contributed by atoms with Crippen LogP contribution >= 0.6 is 0 Å². The van der Waals surface area contributed by atoms with E-state index in [2.05, 4.69) is 48.4 Å². The molecule has 2 aliphatic rings. The number of nitrogens with one attached hydrogen (secondary N) is 2. The van der Waals surface area contributed by atoms with Crippen LogP contribution in [0.1, 0.15) is 56.6 Å². The van der Waals surface area contributed by atoms with E-state index in [1.807, 2.05) is 0 Å². The van der Waals surface area contributed by atoms with Crippen molar-refractivity contribution in [3.05, 3.63) is 47.5 Å². The van der Waals surface area contributed by atoms with Gasteiger partial charge >= 0.3 is 0 Å². The highest BCUT2D eigenvalue weighted by atomic mass is 14.9. The molecule has 2 atom stereocenters. The molecule has 1 saturated carbocycles. The first-order valence-corrected chi connectivity index (χ1v) is 8.93. The largest absolute Gasteiger partial charge is 0.314 e. The van der Waals surface area contributed by atoms with E-state index in [1.165, 1.54) is 49.7 Å². The molecule has 2 unspecified atom stereocenters. The molecular weight excluding hydrogens is 268 g/mol. The maximum Gasteiger partial charge on any atom is 0.0208 e. The van der Waals surface area contributed by atoms with Crippen LogP contribution in [-0.4, -0.2) is 19.1 Å². The molecule has 0 saturated heterocycles. The van der Waals surface area contributed by atoms with Crippen LogP contribution in [-0.2, 0) is 12.0 Å². The Hall–Kier alpha value is -1.12. The molecule has 1 aromatic carbocycles. The van der Waals surface area contributed by atoms with Crippen molar-refractivity contribution < 1.29 is 0 Å². The van der Waals surface area contributed by atoms with Gasteiger partial charge in [0.25, 0.3) is 0 Å². The minimum atomic E-state index is 0.299. The van der Waals surface area contributed by atoms with Gasteiger partial charge in [-0.25, -0.2) is 0 Å². The Morgan fingerprint density at radius 2 is 2.23 bits per heavy atom. The van der Waals surface area contributed by atoms with Gasteiger partial charge in [-0.15, -0.1) is 0 Å². The lowest BCUT2D eigenvalue weighted by Gasteiger charge is -2.40. The van der Waals surface area contributed by atoms with Crippen LogP contribution in [0.25, 0.3) is 0 Å². The van der Waals surface area contributed by atoms with E-state index in [-0.39, 0.29) is 0 Å². The van der Waals surface area contributed by atoms with Gasteiger partial charge in [0.15, 0.2) is 0 Å². The first-order chi connectivity index (χ1) is 10.7. The Labute approximate surface area is 135 Å². The van der Waals surface area contributed by atoms with Crippen molar-refractivity contribution in [2.45, 2.75) is 63.5 Å². The van der Waals surface area contributed by atoms with Crippen LogP contribution in [0.5, 0.6) is 0 Å². The first-order valence-electron chi connectivity index (χ1n) is 8.93. The van der Waals surface area contributed by atoms with Crippen molar-refractivity contribution in [2.24, 2.45) is 0 Å². The third-order valence-corrected chi connectivity index (χ3v) is 5.70. The van der Waals surface area contributed by atoms with E-state index in [9.17, 15) is 0 Å². The van der Waals surface area contributed by atoms with Crippen LogP contribution in [0.2, 0.25) is 0 Å². The zero-order chi connectivity index (χ0) is 15.4. The Kier molecular flexibility index (Phi) is 5.00. The van der Waals surface area contributed by atoms with Crippen LogP contribution in [0.4, 0.5) is 0 Å². The van der Waals surface area contributed by atoms with Crippen molar-refractivity contribution in [3.8, 4) is 0 Å². The lowest BCUT2D eigenvalue weighted by atomic mass is 9.71. The standard InChI is InChI=1S/C20H30N2/c1-3-20(11-12-22-18-9-6-7-16(2)13-18)15-21-14-17-8-4-5-10-19(17)20/h4-5,8,10,18,21-22H,2-3,6-7,9,11-15H2,1H3. The number of hydrogen-bond donors (Lipinski definition) is 2. The average molecular weight is 298 g/mol. The molecule has 0 radical (unpaired) electrons. The number of fused-ring (bicyclic) bond motifs is 1. The quantitative estimate of drug-likeness (QED) is 0.805. The Morgan fingerprint density at radius 1 is 1.36 bits per heavy atom. The van der Waals surface area contributed by atoms with Crippen LogP contribution in [0.15, 0.2) is 36.4 Å². The Morgan fingerprint density at radius 3 is 3.05 bits per heavy atom. The molecule has 0 aromatic heterocycles. The monoisotopic (exact) mass is 298 g/mol. The summed E-state index contributed by atoms with van der Waals surface area (Å²) in [7, 11) is 0. The van der Waals surface area contributed by atoms with Crippen molar-refractivity contribution in [3.63, 3.8) is 0 Å². The number of benzene rings is 1. The van der Waals surface area contributed by atoms with E-state index >= 15 is 0 Å². The first kappa shape index (κ1) is 15.8. The summed E-state index contributed by atoms with van der Waals surface area (Å²) in [6.07, 6.45) is 7.45. The second-order valence-corrected chi connectivity index (χ2v) is 7.14. The second kappa shape index (κ2) is 6.97. The number of hydrogen-bond acceptors (Lipinski definition) is 2. The predicted molar refractivity (Wildman–Crippen MR) is 94.1 cm³/mol. The summed E-state index contributed by atoms with van der Waals surface area (Å²) in [6.45, 7) is 9.76. The Balaban J connectivity index is 1.64. The van der Waals surface area contributed by atoms with Gasteiger partial charge in [0.05, 0.1) is 0 Å². The van der Waals surface area contributed by atoms with Crippen LogP contribution in [0.3, 0.4) is 0 Å². The fraction of sp³-hybridized carbons (Fsp3) is 0.600. The zero-order valence-electron chi connectivity index (χ0n) is 14.0. The van der Waals surface area contributed by atoms with Crippen molar-refractivity contribution >= 4 is 0 Å². The fourth-order valence-electron chi connectivity index (χ4n) is 4.28. The van der Waals surface area contributed by atoms with E-state index in [0.717, 1.165) is 19.6 Å². The summed E-state index contributed by atoms with van der Waals surface area (Å²) >= 11 is 0. The van der Waals surface area contributed by atoms with E-state index < -0.39 is 0 Å². The van der Waals surface area contributed by atoms with E-state index in [1.54, 1.807) is 5.56 Å². The molecule has 1 aliphatic carbocycles. The summed E-state index contributed by atoms with van der Waals surface area (Å²) in [5.74, 6) is 0. The van der Waals surface area contributed by atoms with Crippen molar-refractivity contribution in [1.29, 1.82) is 0 Å². The molecule has 3 rings (SSSR count). The summed E-state index contributed by atoms with van der Waals surface area (Å²) in [5.41, 5.74) is 4.79. The minimum Gasteiger partial charge on any atom is -0.314 e. The molecule has 120 valence electrons. The topological polar surface area (TPSA) is 24.1 Å². The maximum absolute atomic E-state index is 4.17. The average Bonchev–Trinajstić information content (AvgIpc) is 2.55. The summed E-state index contributed by atoms with van der Waals surface area (Å²) in [4.78, 5) is 0. The van der Waals surface area contributed by atoms with E-state index in [4.69, 9.17) is 0 Å². The van der Waals surface area contributed by atoms with Gasteiger partial charge in [0.1, 0.15) is 0 Å². The molecule has 2 heteroatoms. The van der Waals surface area contributed by atoms with Crippen molar-refractivity contribution in [2.75, 3.05) is 13.1 Å². The maximum atomic E-state index is 4.17. The normalized spacial score (nSPS) is 28.4.